The lowest BCUT2D eigenvalue weighted by Gasteiger charge is -2.24. The van der Waals surface area contributed by atoms with Crippen LogP contribution in [0.1, 0.15) is 66.3 Å². The number of nitrogens with zero attached hydrogens (tertiary/aromatic N) is 5. The first-order chi connectivity index (χ1) is 19.2. The van der Waals surface area contributed by atoms with Crippen molar-refractivity contribution in [1.82, 2.24) is 20.2 Å². The van der Waals surface area contributed by atoms with Gasteiger partial charge in [0.05, 0.1) is 11.6 Å². The fourth-order valence-corrected chi connectivity index (χ4v) is 6.01. The first-order valence-electron chi connectivity index (χ1n) is 13.6. The Morgan fingerprint density at radius 1 is 0.923 bits per heavy atom. The SMILES string of the molecule is [O-][n+]1cc(-c2cc(Cl)ccc2-n2cnnn2)ccc1C(Cc1ccccc1)c1cccc(C2CCCCC2)c1. The van der Waals surface area contributed by atoms with Gasteiger partial charge in [-0.3, -0.25) is 0 Å². The molecule has 0 saturated heterocycles. The zero-order valence-electron chi connectivity index (χ0n) is 21.7. The van der Waals surface area contributed by atoms with Gasteiger partial charge < -0.3 is 5.21 Å². The van der Waals surface area contributed by atoms with Gasteiger partial charge >= 0.3 is 0 Å². The van der Waals surface area contributed by atoms with E-state index in [1.807, 2.05) is 30.3 Å². The maximum atomic E-state index is 13.7. The maximum absolute atomic E-state index is 13.7. The fourth-order valence-electron chi connectivity index (χ4n) is 5.84. The smallest absolute Gasteiger partial charge is 0.200 e. The highest BCUT2D eigenvalue weighted by molar-refractivity contribution is 6.31. The standard InChI is InChI=1S/C32H30ClN5O/c33-28-15-17-31(37-22-34-35-36-37)30(20-28)27-14-16-32(38(39)21-27)29(18-23-8-3-1-4-9-23)26-13-7-12-25(19-26)24-10-5-2-6-11-24/h1,3-4,7-9,12-17,19-22,24,29H,2,5-6,10-11,18H2. The lowest BCUT2D eigenvalue weighted by Crippen LogP contribution is -2.34. The predicted octanol–water partition coefficient (Wildman–Crippen LogP) is 7.04. The largest absolute Gasteiger partial charge is 0.618 e. The molecule has 1 aliphatic rings. The average Bonchev–Trinajstić information content (AvgIpc) is 3.52. The van der Waals surface area contributed by atoms with Crippen molar-refractivity contribution in [3.05, 3.63) is 130 Å². The van der Waals surface area contributed by atoms with E-state index in [0.717, 1.165) is 33.7 Å². The van der Waals surface area contributed by atoms with Crippen LogP contribution in [0.25, 0.3) is 16.8 Å². The summed E-state index contributed by atoms with van der Waals surface area (Å²) in [7, 11) is 0. The zero-order valence-corrected chi connectivity index (χ0v) is 22.4. The van der Waals surface area contributed by atoms with E-state index >= 15 is 0 Å². The monoisotopic (exact) mass is 535 g/mol. The Morgan fingerprint density at radius 3 is 2.54 bits per heavy atom. The van der Waals surface area contributed by atoms with Gasteiger partial charge in [0.2, 0.25) is 5.69 Å². The molecule has 0 N–H and O–H groups in total. The third-order valence-electron chi connectivity index (χ3n) is 7.84. The maximum Gasteiger partial charge on any atom is 0.200 e. The van der Waals surface area contributed by atoms with Gasteiger partial charge in [0.15, 0.2) is 6.20 Å². The lowest BCUT2D eigenvalue weighted by molar-refractivity contribution is -0.614. The molecule has 7 heteroatoms. The number of rotatable bonds is 7. The van der Waals surface area contributed by atoms with Crippen molar-refractivity contribution in [1.29, 1.82) is 0 Å². The highest BCUT2D eigenvalue weighted by Gasteiger charge is 2.25. The van der Waals surface area contributed by atoms with E-state index in [4.69, 9.17) is 11.6 Å². The number of halogens is 1. The molecule has 39 heavy (non-hydrogen) atoms. The van der Waals surface area contributed by atoms with Gasteiger partial charge in [-0.15, -0.1) is 5.10 Å². The molecule has 1 aliphatic carbocycles. The van der Waals surface area contributed by atoms with E-state index in [-0.39, 0.29) is 5.92 Å². The molecular formula is C32H30ClN5O. The minimum absolute atomic E-state index is 0.0826. The Kier molecular flexibility index (Phi) is 7.37. The van der Waals surface area contributed by atoms with Gasteiger partial charge in [0.1, 0.15) is 6.33 Å². The molecule has 6 nitrogen and oxygen atoms in total. The van der Waals surface area contributed by atoms with Crippen molar-refractivity contribution in [2.24, 2.45) is 0 Å². The second kappa shape index (κ2) is 11.4. The Balaban J connectivity index is 1.40. The summed E-state index contributed by atoms with van der Waals surface area (Å²) < 4.78 is 2.59. The van der Waals surface area contributed by atoms with Gasteiger partial charge in [0.25, 0.3) is 0 Å². The van der Waals surface area contributed by atoms with Gasteiger partial charge in [0, 0.05) is 22.2 Å². The van der Waals surface area contributed by atoms with Crippen molar-refractivity contribution < 1.29 is 4.73 Å². The van der Waals surface area contributed by atoms with Crippen LogP contribution in [-0.4, -0.2) is 20.2 Å². The predicted molar refractivity (Wildman–Crippen MR) is 153 cm³/mol. The molecule has 3 aromatic carbocycles. The minimum Gasteiger partial charge on any atom is -0.618 e. The Bertz CT molecular complexity index is 1550. The molecular weight excluding hydrogens is 506 g/mol. The van der Waals surface area contributed by atoms with E-state index in [9.17, 15) is 5.21 Å². The number of hydrogen-bond acceptors (Lipinski definition) is 4. The fraction of sp³-hybridized carbons (Fsp3) is 0.250. The molecule has 1 atom stereocenters. The second-order valence-electron chi connectivity index (χ2n) is 10.3. The van der Waals surface area contributed by atoms with Crippen LogP contribution >= 0.6 is 11.6 Å². The van der Waals surface area contributed by atoms with E-state index in [0.29, 0.717) is 10.9 Å². The third kappa shape index (κ3) is 5.57. The van der Waals surface area contributed by atoms with Gasteiger partial charge in [-0.25, -0.2) is 0 Å². The van der Waals surface area contributed by atoms with Gasteiger partial charge in [-0.1, -0.05) is 85.5 Å². The van der Waals surface area contributed by atoms with Crippen LogP contribution in [0.4, 0.5) is 0 Å². The number of aromatic nitrogens is 5. The lowest BCUT2D eigenvalue weighted by atomic mass is 9.81. The second-order valence-corrected chi connectivity index (χ2v) is 10.8. The molecule has 0 aliphatic heterocycles. The van der Waals surface area contributed by atoms with Crippen LogP contribution in [0, 0.1) is 5.21 Å². The summed E-state index contributed by atoms with van der Waals surface area (Å²) in [4.78, 5) is 0. The summed E-state index contributed by atoms with van der Waals surface area (Å²) in [5.41, 5.74) is 6.76. The number of hydrogen-bond donors (Lipinski definition) is 0. The van der Waals surface area contributed by atoms with Crippen LogP contribution in [-0.2, 0) is 6.42 Å². The average molecular weight is 536 g/mol. The number of benzene rings is 3. The van der Waals surface area contributed by atoms with Crippen LogP contribution in [0.3, 0.4) is 0 Å². The van der Waals surface area contributed by atoms with Crippen molar-refractivity contribution in [3.63, 3.8) is 0 Å². The Labute approximate surface area is 233 Å². The number of tetrazole rings is 1. The van der Waals surface area contributed by atoms with Gasteiger partial charge in [-0.2, -0.15) is 9.41 Å². The molecule has 196 valence electrons. The molecule has 1 fully saturated rings. The van der Waals surface area contributed by atoms with E-state index < -0.39 is 0 Å². The minimum atomic E-state index is -0.0826. The summed E-state index contributed by atoms with van der Waals surface area (Å²) in [6.45, 7) is 0. The third-order valence-corrected chi connectivity index (χ3v) is 8.07. The number of pyridine rings is 1. The first-order valence-corrected chi connectivity index (χ1v) is 13.9. The normalized spacial score (nSPS) is 14.8. The molecule has 0 amide bonds. The summed E-state index contributed by atoms with van der Waals surface area (Å²) in [6.07, 6.45) is 10.3. The van der Waals surface area contributed by atoms with Crippen molar-refractivity contribution >= 4 is 11.6 Å². The zero-order chi connectivity index (χ0) is 26.6. The Morgan fingerprint density at radius 2 is 1.77 bits per heavy atom. The first kappa shape index (κ1) is 25.3. The Hall–Kier alpha value is -4.03. The quantitative estimate of drug-likeness (QED) is 0.165. The van der Waals surface area contributed by atoms with Crippen molar-refractivity contribution in [2.75, 3.05) is 0 Å². The molecule has 0 radical (unpaired) electrons. The van der Waals surface area contributed by atoms with E-state index in [1.165, 1.54) is 55.1 Å². The molecule has 2 heterocycles. The topological polar surface area (TPSA) is 70.5 Å². The van der Waals surface area contributed by atoms with Crippen LogP contribution in [0.5, 0.6) is 0 Å². The molecule has 0 spiro atoms. The van der Waals surface area contributed by atoms with E-state index in [1.54, 1.807) is 16.9 Å². The molecule has 1 saturated carbocycles. The van der Waals surface area contributed by atoms with E-state index in [2.05, 4.69) is 64.1 Å². The summed E-state index contributed by atoms with van der Waals surface area (Å²) >= 11 is 6.35. The highest BCUT2D eigenvalue weighted by Crippen LogP contribution is 2.36. The molecule has 1 unspecified atom stereocenters. The van der Waals surface area contributed by atoms with Crippen molar-refractivity contribution in [2.45, 2.75) is 50.4 Å². The van der Waals surface area contributed by atoms with Crippen molar-refractivity contribution in [3.8, 4) is 16.8 Å². The van der Waals surface area contributed by atoms with Gasteiger partial charge in [-0.05, 0) is 76.6 Å². The van der Waals surface area contributed by atoms with Crippen LogP contribution in [0.2, 0.25) is 5.02 Å². The molecule has 0 bridgehead atoms. The highest BCUT2D eigenvalue weighted by atomic mass is 35.5. The molecule has 2 aromatic heterocycles. The summed E-state index contributed by atoms with van der Waals surface area (Å²) in [5.74, 6) is 0.520. The summed E-state index contributed by atoms with van der Waals surface area (Å²) in [6, 6.07) is 28.7. The molecule has 5 aromatic rings. The van der Waals surface area contributed by atoms with Crippen LogP contribution in [0.15, 0.2) is 97.5 Å². The molecule has 6 rings (SSSR count). The van der Waals surface area contributed by atoms with Crippen LogP contribution < -0.4 is 4.73 Å². The summed E-state index contributed by atoms with van der Waals surface area (Å²) in [5, 5.41) is 25.8.